The van der Waals surface area contributed by atoms with Crippen molar-refractivity contribution in [1.82, 2.24) is 5.32 Å². The largest absolute Gasteiger partial charge is 0.348 e. The van der Waals surface area contributed by atoms with Crippen LogP contribution < -0.4 is 10.2 Å². The molecule has 0 aromatic carbocycles. The molecular formula is C18H29N2OS+. The molecule has 4 heteroatoms. The predicted octanol–water partition coefficient (Wildman–Crippen LogP) is 2.20. The summed E-state index contributed by atoms with van der Waals surface area (Å²) in [6.45, 7) is 5.94. The van der Waals surface area contributed by atoms with E-state index in [1.807, 2.05) is 0 Å². The SMILES string of the molecule is CCC[NH+]1CCC(NC(=O)c2cc3c(s2)CCCCC3)CC1. The Balaban J connectivity index is 1.54. The van der Waals surface area contributed by atoms with Gasteiger partial charge >= 0.3 is 0 Å². The van der Waals surface area contributed by atoms with E-state index >= 15 is 0 Å². The van der Waals surface area contributed by atoms with Crippen LogP contribution in [0.4, 0.5) is 0 Å². The summed E-state index contributed by atoms with van der Waals surface area (Å²) in [6, 6.07) is 2.55. The number of rotatable bonds is 4. The minimum Gasteiger partial charge on any atom is -0.348 e. The van der Waals surface area contributed by atoms with Gasteiger partial charge in [0.25, 0.3) is 5.91 Å². The Morgan fingerprint density at radius 3 is 2.82 bits per heavy atom. The number of quaternary nitrogens is 1. The van der Waals surface area contributed by atoms with Gasteiger partial charge in [-0.2, -0.15) is 0 Å². The fourth-order valence-corrected chi connectivity index (χ4v) is 4.97. The number of fused-ring (bicyclic) bond motifs is 1. The normalized spacial score (nSPS) is 25.3. The van der Waals surface area contributed by atoms with Gasteiger partial charge in [0, 0.05) is 23.8 Å². The second kappa shape index (κ2) is 7.60. The van der Waals surface area contributed by atoms with Gasteiger partial charge in [-0.15, -0.1) is 11.3 Å². The van der Waals surface area contributed by atoms with E-state index in [0.717, 1.165) is 24.1 Å². The van der Waals surface area contributed by atoms with Gasteiger partial charge in [-0.05, 0) is 43.7 Å². The lowest BCUT2D eigenvalue weighted by molar-refractivity contribution is -0.905. The van der Waals surface area contributed by atoms with E-state index in [-0.39, 0.29) is 5.91 Å². The molecule has 0 saturated carbocycles. The van der Waals surface area contributed by atoms with E-state index in [0.29, 0.717) is 6.04 Å². The fourth-order valence-electron chi connectivity index (χ4n) is 3.81. The number of aryl methyl sites for hydroxylation is 2. The highest BCUT2D eigenvalue weighted by Gasteiger charge is 2.24. The average Bonchev–Trinajstić information content (AvgIpc) is 2.81. The Morgan fingerprint density at radius 1 is 1.27 bits per heavy atom. The maximum Gasteiger partial charge on any atom is 0.261 e. The van der Waals surface area contributed by atoms with Crippen molar-refractivity contribution in [2.75, 3.05) is 19.6 Å². The van der Waals surface area contributed by atoms with E-state index in [2.05, 4.69) is 18.3 Å². The van der Waals surface area contributed by atoms with Gasteiger partial charge in [0.1, 0.15) is 0 Å². The van der Waals surface area contributed by atoms with Crippen molar-refractivity contribution < 1.29 is 9.69 Å². The molecule has 1 fully saturated rings. The number of likely N-dealkylation sites (tertiary alicyclic amines) is 1. The lowest BCUT2D eigenvalue weighted by Crippen LogP contribution is -3.13. The van der Waals surface area contributed by atoms with Crippen LogP contribution in [0.2, 0.25) is 0 Å². The third kappa shape index (κ3) is 3.90. The summed E-state index contributed by atoms with van der Waals surface area (Å²) in [5.41, 5.74) is 1.44. The first-order chi connectivity index (χ1) is 10.8. The molecule has 2 heterocycles. The second-order valence-corrected chi connectivity index (χ2v) is 8.00. The highest BCUT2D eigenvalue weighted by Crippen LogP contribution is 2.29. The van der Waals surface area contributed by atoms with Crippen molar-refractivity contribution in [3.05, 3.63) is 21.4 Å². The number of carbonyl (C=O) groups excluding carboxylic acids is 1. The van der Waals surface area contributed by atoms with Crippen LogP contribution in [0, 0.1) is 0 Å². The van der Waals surface area contributed by atoms with Crippen LogP contribution >= 0.6 is 11.3 Å². The third-order valence-corrected chi connectivity index (χ3v) is 6.34. The monoisotopic (exact) mass is 321 g/mol. The van der Waals surface area contributed by atoms with Crippen LogP contribution in [0.1, 0.15) is 65.6 Å². The van der Waals surface area contributed by atoms with Crippen molar-refractivity contribution in [3.63, 3.8) is 0 Å². The maximum atomic E-state index is 12.5. The summed E-state index contributed by atoms with van der Waals surface area (Å²) in [4.78, 5) is 16.6. The molecule has 1 amide bonds. The fraction of sp³-hybridized carbons (Fsp3) is 0.722. The van der Waals surface area contributed by atoms with Crippen molar-refractivity contribution >= 4 is 17.2 Å². The first-order valence-electron chi connectivity index (χ1n) is 9.02. The molecule has 2 aliphatic rings. The van der Waals surface area contributed by atoms with Crippen molar-refractivity contribution in [2.24, 2.45) is 0 Å². The number of hydrogen-bond donors (Lipinski definition) is 2. The minimum atomic E-state index is 0.169. The first kappa shape index (κ1) is 16.0. The smallest absolute Gasteiger partial charge is 0.261 e. The van der Waals surface area contributed by atoms with Gasteiger partial charge in [0.2, 0.25) is 0 Å². The Labute approximate surface area is 138 Å². The molecule has 2 N–H and O–H groups in total. The molecule has 1 aromatic heterocycles. The lowest BCUT2D eigenvalue weighted by Gasteiger charge is -2.29. The summed E-state index contributed by atoms with van der Waals surface area (Å²) < 4.78 is 0. The molecule has 122 valence electrons. The van der Waals surface area contributed by atoms with Crippen LogP contribution in [-0.2, 0) is 12.8 Å². The van der Waals surface area contributed by atoms with E-state index < -0.39 is 0 Å². The van der Waals surface area contributed by atoms with Gasteiger partial charge in [0.05, 0.1) is 24.5 Å². The van der Waals surface area contributed by atoms with Crippen LogP contribution in [-0.4, -0.2) is 31.6 Å². The summed E-state index contributed by atoms with van der Waals surface area (Å²) in [5.74, 6) is 0.169. The highest BCUT2D eigenvalue weighted by atomic mass is 32.1. The number of amides is 1. The van der Waals surface area contributed by atoms with E-state index in [4.69, 9.17) is 0 Å². The number of carbonyl (C=O) groups is 1. The van der Waals surface area contributed by atoms with Crippen LogP contribution in [0.5, 0.6) is 0 Å². The molecule has 0 radical (unpaired) electrons. The van der Waals surface area contributed by atoms with Crippen molar-refractivity contribution in [1.29, 1.82) is 0 Å². The van der Waals surface area contributed by atoms with Gasteiger partial charge in [-0.3, -0.25) is 4.79 Å². The van der Waals surface area contributed by atoms with Gasteiger partial charge in [-0.1, -0.05) is 13.3 Å². The van der Waals surface area contributed by atoms with Gasteiger partial charge < -0.3 is 10.2 Å². The molecule has 0 atom stereocenters. The van der Waals surface area contributed by atoms with Crippen molar-refractivity contribution in [3.8, 4) is 0 Å². The zero-order chi connectivity index (χ0) is 15.4. The Hall–Kier alpha value is -0.870. The predicted molar refractivity (Wildman–Crippen MR) is 91.9 cm³/mol. The standard InChI is InChI=1S/C18H28N2OS/c1-2-10-20-11-8-15(9-12-20)19-18(21)17-13-14-6-4-3-5-7-16(14)22-17/h13,15H,2-12H2,1H3,(H,19,21)/p+1. The van der Waals surface area contributed by atoms with Gasteiger partial charge in [0.15, 0.2) is 0 Å². The van der Waals surface area contributed by atoms with Crippen LogP contribution in [0.3, 0.4) is 0 Å². The molecule has 0 bridgehead atoms. The van der Waals surface area contributed by atoms with Gasteiger partial charge in [-0.25, -0.2) is 0 Å². The van der Waals surface area contributed by atoms with Crippen LogP contribution in [0.15, 0.2) is 6.07 Å². The quantitative estimate of drug-likeness (QED) is 0.819. The molecule has 0 unspecified atom stereocenters. The molecule has 22 heavy (non-hydrogen) atoms. The number of piperidine rings is 1. The zero-order valence-corrected chi connectivity index (χ0v) is 14.6. The average molecular weight is 322 g/mol. The zero-order valence-electron chi connectivity index (χ0n) is 13.7. The summed E-state index contributed by atoms with van der Waals surface area (Å²) in [5, 5.41) is 3.28. The summed E-state index contributed by atoms with van der Waals surface area (Å²) in [7, 11) is 0. The second-order valence-electron chi connectivity index (χ2n) is 6.87. The molecule has 3 nitrogen and oxygen atoms in total. The summed E-state index contributed by atoms with van der Waals surface area (Å²) >= 11 is 1.74. The van der Waals surface area contributed by atoms with E-state index in [9.17, 15) is 4.79 Å². The number of nitrogens with one attached hydrogen (secondary N) is 2. The number of hydrogen-bond acceptors (Lipinski definition) is 2. The van der Waals surface area contributed by atoms with E-state index in [1.54, 1.807) is 16.2 Å². The Morgan fingerprint density at radius 2 is 2.05 bits per heavy atom. The van der Waals surface area contributed by atoms with Crippen LogP contribution in [0.25, 0.3) is 0 Å². The maximum absolute atomic E-state index is 12.5. The topological polar surface area (TPSA) is 33.5 Å². The molecule has 1 saturated heterocycles. The highest BCUT2D eigenvalue weighted by molar-refractivity contribution is 7.14. The first-order valence-corrected chi connectivity index (χ1v) is 9.84. The molecule has 1 aliphatic carbocycles. The Bertz CT molecular complexity index is 480. The molecule has 1 aliphatic heterocycles. The molecule has 3 rings (SSSR count). The third-order valence-electron chi connectivity index (χ3n) is 5.10. The Kier molecular flexibility index (Phi) is 5.53. The number of thiophene rings is 1. The molecule has 0 spiro atoms. The molecule has 1 aromatic rings. The lowest BCUT2D eigenvalue weighted by atomic mass is 10.0. The van der Waals surface area contributed by atoms with E-state index in [1.165, 1.54) is 62.2 Å². The molecular weight excluding hydrogens is 292 g/mol. The minimum absolute atomic E-state index is 0.169. The summed E-state index contributed by atoms with van der Waals surface area (Å²) in [6.07, 6.45) is 9.76. The van der Waals surface area contributed by atoms with Crippen molar-refractivity contribution in [2.45, 2.75) is 64.3 Å².